The summed E-state index contributed by atoms with van der Waals surface area (Å²) in [6.45, 7) is 2.47. The van der Waals surface area contributed by atoms with Crippen LogP contribution >= 0.6 is 0 Å². The molecule has 8 heteroatoms. The van der Waals surface area contributed by atoms with E-state index in [9.17, 15) is 22.8 Å². The molecule has 2 amide bonds. The topological polar surface area (TPSA) is 61.4 Å². The van der Waals surface area contributed by atoms with Crippen molar-refractivity contribution in [3.63, 3.8) is 0 Å². The van der Waals surface area contributed by atoms with Gasteiger partial charge in [0.2, 0.25) is 17.7 Å². The van der Waals surface area contributed by atoms with E-state index in [0.717, 1.165) is 50.0 Å². The first-order valence-corrected chi connectivity index (χ1v) is 13.3. The SMILES string of the molecule is C.O=C(Cc1ccc(F)cc1)NC1CCN(CCC(NC(=O)C2CCC(F)(F)CC2)c2ccccc2)CC1. The molecule has 2 aromatic rings. The number of carbonyl (C=O) groups is 2. The monoisotopic (exact) mass is 531 g/mol. The fourth-order valence-corrected chi connectivity index (χ4v) is 5.28. The van der Waals surface area contributed by atoms with Gasteiger partial charge in [0.25, 0.3) is 0 Å². The largest absolute Gasteiger partial charge is 0.353 e. The molecule has 4 rings (SSSR count). The molecule has 1 saturated carbocycles. The molecule has 5 nitrogen and oxygen atoms in total. The first-order chi connectivity index (χ1) is 17.8. The highest BCUT2D eigenvalue weighted by Crippen LogP contribution is 2.36. The zero-order valence-electron chi connectivity index (χ0n) is 21.1. The quantitative estimate of drug-likeness (QED) is 0.439. The highest BCUT2D eigenvalue weighted by molar-refractivity contribution is 5.79. The van der Waals surface area contributed by atoms with Crippen molar-refractivity contribution >= 4 is 11.8 Å². The van der Waals surface area contributed by atoms with E-state index < -0.39 is 5.92 Å². The van der Waals surface area contributed by atoms with Gasteiger partial charge in [-0.2, -0.15) is 0 Å². The van der Waals surface area contributed by atoms with Crippen molar-refractivity contribution in [3.05, 3.63) is 71.5 Å². The minimum atomic E-state index is -2.65. The molecule has 2 fully saturated rings. The molecule has 1 saturated heterocycles. The third-order valence-corrected chi connectivity index (χ3v) is 7.57. The van der Waals surface area contributed by atoms with Crippen molar-refractivity contribution in [1.82, 2.24) is 15.5 Å². The maximum atomic E-state index is 13.5. The molecule has 0 radical (unpaired) electrons. The van der Waals surface area contributed by atoms with Crippen LogP contribution in [0.3, 0.4) is 0 Å². The number of nitrogens with one attached hydrogen (secondary N) is 2. The Morgan fingerprint density at radius 3 is 2.21 bits per heavy atom. The van der Waals surface area contributed by atoms with Gasteiger partial charge in [-0.15, -0.1) is 0 Å². The Morgan fingerprint density at radius 1 is 0.947 bits per heavy atom. The summed E-state index contributed by atoms with van der Waals surface area (Å²) in [6.07, 6.45) is 2.63. The van der Waals surface area contributed by atoms with Gasteiger partial charge in [0.05, 0.1) is 12.5 Å². The van der Waals surface area contributed by atoms with Gasteiger partial charge in [-0.1, -0.05) is 49.9 Å². The molecule has 2 N–H and O–H groups in total. The van der Waals surface area contributed by atoms with Gasteiger partial charge in [0.1, 0.15) is 5.82 Å². The normalized spacial score (nSPS) is 19.2. The van der Waals surface area contributed by atoms with Gasteiger partial charge in [-0.3, -0.25) is 9.59 Å². The number of carbonyl (C=O) groups excluding carboxylic acids is 2. The second kappa shape index (κ2) is 13.8. The number of hydrogen-bond donors (Lipinski definition) is 2. The van der Waals surface area contributed by atoms with E-state index in [1.165, 1.54) is 12.1 Å². The summed E-state index contributed by atoms with van der Waals surface area (Å²) in [5.41, 5.74) is 1.80. The molecule has 1 aliphatic heterocycles. The van der Waals surface area contributed by atoms with Crippen LogP contribution in [0, 0.1) is 11.7 Å². The minimum absolute atomic E-state index is 0. The number of alkyl halides is 2. The van der Waals surface area contributed by atoms with E-state index in [2.05, 4.69) is 15.5 Å². The standard InChI is InChI=1S/C29H36F3N3O2.CH4/c30-24-8-6-21(7-9-24)20-27(36)33-25-12-17-35(18-13-25)19-14-26(22-4-2-1-3-5-22)34-28(37)23-10-15-29(31,32)16-11-23;/h1-9,23,25-26H,10-20H2,(H,33,36)(H,34,37);1H4. The number of nitrogens with zero attached hydrogens (tertiary/aromatic N) is 1. The van der Waals surface area contributed by atoms with Crippen LogP contribution in [0.2, 0.25) is 0 Å². The van der Waals surface area contributed by atoms with Crippen molar-refractivity contribution in [3.8, 4) is 0 Å². The Balaban J connectivity index is 0.00000400. The van der Waals surface area contributed by atoms with Crippen LogP contribution < -0.4 is 10.6 Å². The molecule has 1 aliphatic carbocycles. The number of hydrogen-bond acceptors (Lipinski definition) is 3. The average molecular weight is 532 g/mol. The molecule has 1 atom stereocenters. The molecule has 1 heterocycles. The third-order valence-electron chi connectivity index (χ3n) is 7.57. The molecule has 208 valence electrons. The fraction of sp³-hybridized carbons (Fsp3) is 0.533. The smallest absolute Gasteiger partial charge is 0.248 e. The van der Waals surface area contributed by atoms with E-state index in [1.54, 1.807) is 12.1 Å². The van der Waals surface area contributed by atoms with Crippen LogP contribution in [-0.2, 0) is 16.0 Å². The fourth-order valence-electron chi connectivity index (χ4n) is 5.28. The lowest BCUT2D eigenvalue weighted by molar-refractivity contribution is -0.130. The molecule has 38 heavy (non-hydrogen) atoms. The number of piperidine rings is 1. The van der Waals surface area contributed by atoms with Crippen LogP contribution in [0.5, 0.6) is 0 Å². The van der Waals surface area contributed by atoms with Gasteiger partial charge in [-0.25, -0.2) is 13.2 Å². The summed E-state index contributed by atoms with van der Waals surface area (Å²) in [5, 5.41) is 6.23. The van der Waals surface area contributed by atoms with E-state index >= 15 is 0 Å². The van der Waals surface area contributed by atoms with Gasteiger partial charge < -0.3 is 15.5 Å². The Kier molecular flexibility index (Phi) is 10.8. The molecule has 0 aromatic heterocycles. The number of rotatable bonds is 9. The Bertz CT molecular complexity index is 1010. The third kappa shape index (κ3) is 8.86. The van der Waals surface area contributed by atoms with Crippen LogP contribution in [0.25, 0.3) is 0 Å². The Hall–Kier alpha value is -2.87. The first kappa shape index (κ1) is 29.7. The maximum absolute atomic E-state index is 13.5. The second-order valence-electron chi connectivity index (χ2n) is 10.4. The summed E-state index contributed by atoms with van der Waals surface area (Å²) >= 11 is 0. The molecule has 1 unspecified atom stereocenters. The summed E-state index contributed by atoms with van der Waals surface area (Å²) in [6, 6.07) is 15.7. The van der Waals surface area contributed by atoms with Crippen LogP contribution in [0.4, 0.5) is 13.2 Å². The summed E-state index contributed by atoms with van der Waals surface area (Å²) in [7, 11) is 0. The van der Waals surface area contributed by atoms with Crippen molar-refractivity contribution in [2.24, 2.45) is 5.92 Å². The lowest BCUT2D eigenvalue weighted by atomic mass is 9.86. The highest BCUT2D eigenvalue weighted by Gasteiger charge is 2.37. The Morgan fingerprint density at radius 2 is 1.58 bits per heavy atom. The van der Waals surface area contributed by atoms with Crippen LogP contribution in [-0.4, -0.2) is 48.3 Å². The molecular formula is C30H40F3N3O2. The van der Waals surface area contributed by atoms with Crippen molar-refractivity contribution < 1.29 is 22.8 Å². The van der Waals surface area contributed by atoms with Gasteiger partial charge in [0, 0.05) is 44.4 Å². The number of benzene rings is 2. The summed E-state index contributed by atoms with van der Waals surface area (Å²) in [4.78, 5) is 27.6. The lowest BCUT2D eigenvalue weighted by Gasteiger charge is -2.34. The highest BCUT2D eigenvalue weighted by atomic mass is 19.3. The zero-order valence-corrected chi connectivity index (χ0v) is 21.1. The van der Waals surface area contributed by atoms with Gasteiger partial charge in [0.15, 0.2) is 0 Å². The predicted molar refractivity (Wildman–Crippen MR) is 143 cm³/mol. The predicted octanol–water partition coefficient (Wildman–Crippen LogP) is 5.66. The van der Waals surface area contributed by atoms with Crippen LogP contribution in [0.1, 0.15) is 69.5 Å². The van der Waals surface area contributed by atoms with E-state index in [1.807, 2.05) is 30.3 Å². The number of likely N-dealkylation sites (tertiary alicyclic amines) is 1. The van der Waals surface area contributed by atoms with Gasteiger partial charge >= 0.3 is 0 Å². The summed E-state index contributed by atoms with van der Waals surface area (Å²) < 4.78 is 40.1. The summed E-state index contributed by atoms with van der Waals surface area (Å²) in [5.74, 6) is -3.52. The lowest BCUT2D eigenvalue weighted by Crippen LogP contribution is -2.46. The average Bonchev–Trinajstić information content (AvgIpc) is 2.89. The second-order valence-corrected chi connectivity index (χ2v) is 10.4. The number of halogens is 3. The van der Waals surface area contributed by atoms with E-state index in [-0.39, 0.29) is 75.2 Å². The molecule has 2 aliphatic rings. The van der Waals surface area contributed by atoms with E-state index in [0.29, 0.717) is 0 Å². The number of amides is 2. The van der Waals surface area contributed by atoms with Crippen LogP contribution in [0.15, 0.2) is 54.6 Å². The molecule has 2 aromatic carbocycles. The van der Waals surface area contributed by atoms with E-state index in [4.69, 9.17) is 0 Å². The van der Waals surface area contributed by atoms with Crippen molar-refractivity contribution in [2.45, 2.75) is 76.8 Å². The Labute approximate surface area is 224 Å². The van der Waals surface area contributed by atoms with Crippen molar-refractivity contribution in [2.75, 3.05) is 19.6 Å². The molecular weight excluding hydrogens is 491 g/mol. The maximum Gasteiger partial charge on any atom is 0.248 e. The first-order valence-electron chi connectivity index (χ1n) is 13.3. The van der Waals surface area contributed by atoms with Crippen molar-refractivity contribution in [1.29, 1.82) is 0 Å². The minimum Gasteiger partial charge on any atom is -0.353 e. The molecule has 0 spiro atoms. The molecule has 0 bridgehead atoms. The van der Waals surface area contributed by atoms with Gasteiger partial charge in [-0.05, 0) is 55.4 Å². The zero-order chi connectivity index (χ0) is 26.3.